The van der Waals surface area contributed by atoms with Crippen LogP contribution in [0.2, 0.25) is 0 Å². The molecule has 0 saturated carbocycles. The van der Waals surface area contributed by atoms with Gasteiger partial charge < -0.3 is 24.6 Å². The number of carbonyl (C=O) groups excluding carboxylic acids is 3. The number of anilines is 1. The lowest BCUT2D eigenvalue weighted by Crippen LogP contribution is -2.48. The summed E-state index contributed by atoms with van der Waals surface area (Å²) in [4.78, 5) is 40.7. The molecule has 1 N–H and O–H groups in total. The summed E-state index contributed by atoms with van der Waals surface area (Å²) in [5.74, 6) is -1.61. The van der Waals surface area contributed by atoms with Crippen molar-refractivity contribution in [1.82, 2.24) is 9.80 Å². The Bertz CT molecular complexity index is 893. The van der Waals surface area contributed by atoms with E-state index < -0.39 is 24.4 Å². The number of rotatable bonds is 4. The van der Waals surface area contributed by atoms with Crippen LogP contribution in [-0.4, -0.2) is 79.7 Å². The van der Waals surface area contributed by atoms with E-state index >= 15 is 0 Å². The number of likely N-dealkylation sites (N-methyl/N-ethyl adjacent to an activating group) is 1. The van der Waals surface area contributed by atoms with Crippen molar-refractivity contribution in [2.24, 2.45) is 5.92 Å². The molecule has 1 aromatic rings. The van der Waals surface area contributed by atoms with Gasteiger partial charge in [0.1, 0.15) is 18.8 Å². The third-order valence-electron chi connectivity index (χ3n) is 5.71. The maximum Gasteiger partial charge on any atom is 0.397 e. The molecule has 0 bridgehead atoms. The topological polar surface area (TPSA) is 88.2 Å². The second-order valence-electron chi connectivity index (χ2n) is 8.55. The molecule has 1 aromatic carbocycles. The molecule has 1 aliphatic rings. The van der Waals surface area contributed by atoms with E-state index in [0.29, 0.717) is 13.0 Å². The third kappa shape index (κ3) is 7.34. The normalized spacial score (nSPS) is 22.2. The highest BCUT2D eigenvalue weighted by atomic mass is 19.4. The number of benzene rings is 1. The van der Waals surface area contributed by atoms with Crippen molar-refractivity contribution in [3.8, 4) is 5.75 Å². The van der Waals surface area contributed by atoms with Gasteiger partial charge in [-0.2, -0.15) is 13.2 Å². The van der Waals surface area contributed by atoms with Gasteiger partial charge in [0.25, 0.3) is 5.91 Å². The summed E-state index contributed by atoms with van der Waals surface area (Å²) in [7, 11) is 3.11. The summed E-state index contributed by atoms with van der Waals surface area (Å²) in [6.45, 7) is 6.29. The Balaban J connectivity index is 2.41. The lowest BCUT2D eigenvalue weighted by atomic mass is 10.0. The minimum Gasteiger partial charge on any atom is -0.491 e. The molecule has 190 valence electrons. The number of alkyl halides is 3. The maximum absolute atomic E-state index is 13.2. The molecule has 1 heterocycles. The zero-order valence-electron chi connectivity index (χ0n) is 20.1. The summed E-state index contributed by atoms with van der Waals surface area (Å²) in [6, 6.07) is 3.77. The summed E-state index contributed by atoms with van der Waals surface area (Å²) in [5, 5.41) is 2.17. The van der Waals surface area contributed by atoms with Crippen LogP contribution in [0.5, 0.6) is 5.75 Å². The first-order chi connectivity index (χ1) is 15.9. The molecule has 0 unspecified atom stereocenters. The van der Waals surface area contributed by atoms with Gasteiger partial charge >= 0.3 is 6.18 Å². The Morgan fingerprint density at radius 3 is 2.50 bits per heavy atom. The molecule has 3 amide bonds. The molecule has 11 heteroatoms. The van der Waals surface area contributed by atoms with Gasteiger partial charge in [0.2, 0.25) is 11.8 Å². The highest BCUT2D eigenvalue weighted by molar-refractivity contribution is 5.99. The van der Waals surface area contributed by atoms with Crippen LogP contribution in [0.1, 0.15) is 44.0 Å². The number of halogens is 3. The van der Waals surface area contributed by atoms with Crippen molar-refractivity contribution < 1.29 is 37.0 Å². The first-order valence-electron chi connectivity index (χ1n) is 11.1. The minimum absolute atomic E-state index is 0.0396. The molecular weight excluding hydrogens is 455 g/mol. The van der Waals surface area contributed by atoms with E-state index in [1.165, 1.54) is 30.2 Å². The lowest BCUT2D eigenvalue weighted by molar-refractivity contribution is -0.150. The average molecular weight is 488 g/mol. The fourth-order valence-corrected chi connectivity index (χ4v) is 3.79. The number of amides is 3. The predicted molar refractivity (Wildman–Crippen MR) is 120 cm³/mol. The van der Waals surface area contributed by atoms with Gasteiger partial charge in [-0.3, -0.25) is 14.4 Å². The second kappa shape index (κ2) is 11.5. The van der Waals surface area contributed by atoms with Crippen LogP contribution in [0.4, 0.5) is 18.9 Å². The van der Waals surface area contributed by atoms with Gasteiger partial charge in [-0.1, -0.05) is 13.8 Å². The quantitative estimate of drug-likeness (QED) is 0.704. The average Bonchev–Trinajstić information content (AvgIpc) is 2.76. The number of hydrogen-bond acceptors (Lipinski definition) is 5. The molecule has 0 aromatic heterocycles. The monoisotopic (exact) mass is 487 g/mol. The first kappa shape index (κ1) is 27.4. The SMILES string of the molecule is CCC(=O)N1C[C@H](C)[C@H](OC)CN(C)C(=O)c2cc(NC(=O)CC(F)(F)F)ccc2OC[C@H]1C. The number of hydrogen-bond donors (Lipinski definition) is 1. The molecule has 1 aliphatic heterocycles. The molecular formula is C23H32F3N3O5. The number of ether oxygens (including phenoxy) is 2. The lowest BCUT2D eigenvalue weighted by Gasteiger charge is -2.36. The Morgan fingerprint density at radius 2 is 1.91 bits per heavy atom. The van der Waals surface area contributed by atoms with Crippen molar-refractivity contribution in [2.75, 3.05) is 39.2 Å². The Morgan fingerprint density at radius 1 is 1.24 bits per heavy atom. The Kier molecular flexibility index (Phi) is 9.31. The van der Waals surface area contributed by atoms with Crippen molar-refractivity contribution in [1.29, 1.82) is 0 Å². The van der Waals surface area contributed by atoms with Crippen molar-refractivity contribution >= 4 is 23.4 Å². The number of nitrogens with one attached hydrogen (secondary N) is 1. The number of fused-ring (bicyclic) bond motifs is 1. The van der Waals surface area contributed by atoms with Gasteiger partial charge in [0.05, 0.1) is 17.7 Å². The van der Waals surface area contributed by atoms with E-state index in [4.69, 9.17) is 9.47 Å². The molecule has 0 fully saturated rings. The minimum atomic E-state index is -4.65. The van der Waals surface area contributed by atoms with E-state index in [1.54, 1.807) is 18.9 Å². The number of nitrogens with zero attached hydrogens (tertiary/aromatic N) is 2. The summed E-state index contributed by atoms with van der Waals surface area (Å²) < 4.78 is 49.0. The van der Waals surface area contributed by atoms with Crippen molar-refractivity contribution in [2.45, 2.75) is 51.9 Å². The molecule has 8 nitrogen and oxygen atoms in total. The fraction of sp³-hybridized carbons (Fsp3) is 0.609. The highest BCUT2D eigenvalue weighted by Gasteiger charge is 2.32. The summed E-state index contributed by atoms with van der Waals surface area (Å²) in [5.41, 5.74) is 0.119. The molecule has 0 aliphatic carbocycles. The second-order valence-corrected chi connectivity index (χ2v) is 8.55. The van der Waals surface area contributed by atoms with E-state index in [2.05, 4.69) is 5.32 Å². The Labute approximate surface area is 197 Å². The van der Waals surface area contributed by atoms with Crippen LogP contribution in [0.15, 0.2) is 18.2 Å². The molecule has 0 radical (unpaired) electrons. The van der Waals surface area contributed by atoms with Crippen LogP contribution in [0.25, 0.3) is 0 Å². The third-order valence-corrected chi connectivity index (χ3v) is 5.71. The Hall–Kier alpha value is -2.82. The molecule has 34 heavy (non-hydrogen) atoms. The van der Waals surface area contributed by atoms with E-state index in [0.717, 1.165) is 0 Å². The van der Waals surface area contributed by atoms with Crippen molar-refractivity contribution in [3.05, 3.63) is 23.8 Å². The van der Waals surface area contributed by atoms with Crippen LogP contribution < -0.4 is 10.1 Å². The largest absolute Gasteiger partial charge is 0.491 e. The standard InChI is InChI=1S/C23H32F3N3O5/c1-6-21(31)29-11-14(2)19(33-5)12-28(4)22(32)17-9-16(27-20(30)10-23(24,25)26)7-8-18(17)34-13-15(29)3/h7-9,14-15,19H,6,10-13H2,1-5H3,(H,27,30)/t14-,15+,19+/m0/s1. The van der Waals surface area contributed by atoms with E-state index in [1.807, 2.05) is 13.8 Å². The van der Waals surface area contributed by atoms with Gasteiger partial charge in [-0.25, -0.2) is 0 Å². The fourth-order valence-electron chi connectivity index (χ4n) is 3.79. The van der Waals surface area contributed by atoms with Gasteiger partial charge in [0, 0.05) is 45.3 Å². The first-order valence-corrected chi connectivity index (χ1v) is 11.1. The van der Waals surface area contributed by atoms with Gasteiger partial charge in [-0.15, -0.1) is 0 Å². The van der Waals surface area contributed by atoms with Gasteiger partial charge in [0.15, 0.2) is 0 Å². The number of methoxy groups -OCH3 is 1. The zero-order chi connectivity index (χ0) is 25.6. The number of carbonyl (C=O) groups is 3. The van der Waals surface area contributed by atoms with Crippen LogP contribution >= 0.6 is 0 Å². The van der Waals surface area contributed by atoms with Gasteiger partial charge in [-0.05, 0) is 25.1 Å². The predicted octanol–water partition coefficient (Wildman–Crippen LogP) is 3.32. The summed E-state index contributed by atoms with van der Waals surface area (Å²) in [6.07, 6.45) is -6.33. The molecule has 3 atom stereocenters. The zero-order valence-corrected chi connectivity index (χ0v) is 20.1. The maximum atomic E-state index is 13.2. The molecule has 0 spiro atoms. The molecule has 2 rings (SSSR count). The summed E-state index contributed by atoms with van der Waals surface area (Å²) >= 11 is 0. The van der Waals surface area contributed by atoms with Crippen LogP contribution in [-0.2, 0) is 14.3 Å². The highest BCUT2D eigenvalue weighted by Crippen LogP contribution is 2.27. The van der Waals surface area contributed by atoms with E-state index in [9.17, 15) is 27.6 Å². The van der Waals surface area contributed by atoms with Crippen LogP contribution in [0.3, 0.4) is 0 Å². The van der Waals surface area contributed by atoms with E-state index in [-0.39, 0.29) is 54.1 Å². The molecule has 0 saturated heterocycles. The van der Waals surface area contributed by atoms with Crippen LogP contribution in [0, 0.1) is 5.92 Å². The smallest absolute Gasteiger partial charge is 0.397 e. The van der Waals surface area contributed by atoms with Crippen molar-refractivity contribution in [3.63, 3.8) is 0 Å².